The van der Waals surface area contributed by atoms with Crippen molar-refractivity contribution in [3.8, 4) is 0 Å². The average Bonchev–Trinajstić information content (AvgIpc) is 2.19. The smallest absolute Gasteiger partial charge is 0.209 e. The van der Waals surface area contributed by atoms with Crippen molar-refractivity contribution in [3.05, 3.63) is 0 Å². The van der Waals surface area contributed by atoms with Crippen LogP contribution >= 0.6 is 11.8 Å². The Bertz CT molecular complexity index is 184. The maximum absolute atomic E-state index is 10.7. The van der Waals surface area contributed by atoms with Crippen LogP contribution in [-0.2, 0) is 4.79 Å². The fourth-order valence-corrected chi connectivity index (χ4v) is 4.06. The van der Waals surface area contributed by atoms with Gasteiger partial charge in [-0.25, -0.2) is 0 Å². The normalized spacial score (nSPS) is 27.5. The Morgan fingerprint density at radius 3 is 2.69 bits per heavy atom. The molecule has 74 valence electrons. The van der Waals surface area contributed by atoms with Crippen LogP contribution in [0.2, 0.25) is 0 Å². The maximum Gasteiger partial charge on any atom is 0.209 e. The minimum Gasteiger partial charge on any atom is -0.343 e. The average molecular weight is 199 g/mol. The SMILES string of the molecule is O=CN1CCSC2(CCCCC2)C1. The van der Waals surface area contributed by atoms with Gasteiger partial charge in [0.2, 0.25) is 6.41 Å². The molecule has 3 heteroatoms. The molecule has 0 aromatic carbocycles. The molecular weight excluding hydrogens is 182 g/mol. The van der Waals surface area contributed by atoms with Gasteiger partial charge in [-0.3, -0.25) is 4.79 Å². The molecule has 2 aliphatic rings. The molecule has 13 heavy (non-hydrogen) atoms. The Morgan fingerprint density at radius 2 is 2.00 bits per heavy atom. The summed E-state index contributed by atoms with van der Waals surface area (Å²) >= 11 is 2.11. The van der Waals surface area contributed by atoms with Crippen LogP contribution in [0.15, 0.2) is 0 Å². The summed E-state index contributed by atoms with van der Waals surface area (Å²) in [6.07, 6.45) is 7.78. The Hall–Kier alpha value is -0.180. The monoisotopic (exact) mass is 199 g/mol. The molecule has 1 aliphatic heterocycles. The Kier molecular flexibility index (Phi) is 2.82. The van der Waals surface area contributed by atoms with Gasteiger partial charge in [-0.15, -0.1) is 0 Å². The summed E-state index contributed by atoms with van der Waals surface area (Å²) in [4.78, 5) is 12.7. The largest absolute Gasteiger partial charge is 0.343 e. The van der Waals surface area contributed by atoms with Crippen molar-refractivity contribution < 1.29 is 4.79 Å². The number of carbonyl (C=O) groups is 1. The van der Waals surface area contributed by atoms with E-state index in [0.717, 1.165) is 25.3 Å². The molecule has 0 aromatic rings. The van der Waals surface area contributed by atoms with E-state index in [9.17, 15) is 4.79 Å². The molecule has 1 aliphatic carbocycles. The highest BCUT2D eigenvalue weighted by molar-refractivity contribution is 8.00. The van der Waals surface area contributed by atoms with E-state index in [4.69, 9.17) is 0 Å². The summed E-state index contributed by atoms with van der Waals surface area (Å²) in [7, 11) is 0. The van der Waals surface area contributed by atoms with Crippen LogP contribution in [-0.4, -0.2) is 34.9 Å². The summed E-state index contributed by atoms with van der Waals surface area (Å²) < 4.78 is 0.442. The molecule has 1 saturated carbocycles. The van der Waals surface area contributed by atoms with E-state index in [0.29, 0.717) is 4.75 Å². The maximum atomic E-state index is 10.7. The van der Waals surface area contributed by atoms with Crippen LogP contribution in [0.5, 0.6) is 0 Å². The molecule has 2 nitrogen and oxygen atoms in total. The fraction of sp³-hybridized carbons (Fsp3) is 0.900. The van der Waals surface area contributed by atoms with Crippen molar-refractivity contribution in [2.75, 3.05) is 18.8 Å². The molecular formula is C10H17NOS. The molecule has 0 unspecified atom stereocenters. The first-order valence-corrected chi connectivity index (χ1v) is 6.17. The van der Waals surface area contributed by atoms with E-state index < -0.39 is 0 Å². The minimum absolute atomic E-state index is 0.442. The van der Waals surface area contributed by atoms with Crippen LogP contribution in [0.25, 0.3) is 0 Å². The highest BCUT2D eigenvalue weighted by Crippen LogP contribution is 2.42. The second-order valence-electron chi connectivity index (χ2n) is 4.17. The topological polar surface area (TPSA) is 20.3 Å². The standard InChI is InChI=1S/C10H17NOS/c12-9-11-6-7-13-10(8-11)4-2-1-3-5-10/h9H,1-8H2. The van der Waals surface area contributed by atoms with Crippen LogP contribution < -0.4 is 0 Å². The van der Waals surface area contributed by atoms with Crippen molar-refractivity contribution in [2.45, 2.75) is 36.9 Å². The summed E-state index contributed by atoms with van der Waals surface area (Å²) in [5, 5.41) is 0. The number of hydrogen-bond acceptors (Lipinski definition) is 2. The molecule has 1 heterocycles. The summed E-state index contributed by atoms with van der Waals surface area (Å²) in [5.74, 6) is 1.14. The van der Waals surface area contributed by atoms with Gasteiger partial charge in [0, 0.05) is 23.6 Å². The van der Waals surface area contributed by atoms with Gasteiger partial charge in [-0.05, 0) is 12.8 Å². The number of thioether (sulfide) groups is 1. The molecule has 2 rings (SSSR count). The van der Waals surface area contributed by atoms with Crippen molar-refractivity contribution in [3.63, 3.8) is 0 Å². The minimum atomic E-state index is 0.442. The molecule has 0 N–H and O–H groups in total. The van der Waals surface area contributed by atoms with E-state index in [-0.39, 0.29) is 0 Å². The highest BCUT2D eigenvalue weighted by atomic mass is 32.2. The fourth-order valence-electron chi connectivity index (χ4n) is 2.46. The number of carbonyl (C=O) groups excluding carboxylic acids is 1. The van der Waals surface area contributed by atoms with Crippen LogP contribution in [0.1, 0.15) is 32.1 Å². The van der Waals surface area contributed by atoms with Gasteiger partial charge < -0.3 is 4.90 Å². The Morgan fingerprint density at radius 1 is 1.23 bits per heavy atom. The summed E-state index contributed by atoms with van der Waals surface area (Å²) in [5.41, 5.74) is 0. The number of amides is 1. The third-order valence-electron chi connectivity index (χ3n) is 3.19. The number of nitrogens with zero attached hydrogens (tertiary/aromatic N) is 1. The van der Waals surface area contributed by atoms with Crippen LogP contribution in [0, 0.1) is 0 Å². The Labute approximate surface area is 84.1 Å². The van der Waals surface area contributed by atoms with Gasteiger partial charge in [0.05, 0.1) is 0 Å². The van der Waals surface area contributed by atoms with Crippen molar-refractivity contribution in [2.24, 2.45) is 0 Å². The number of hydrogen-bond donors (Lipinski definition) is 0. The first-order chi connectivity index (χ1) is 6.35. The van der Waals surface area contributed by atoms with Gasteiger partial charge in [0.1, 0.15) is 0 Å². The molecule has 0 bridgehead atoms. The zero-order valence-electron chi connectivity index (χ0n) is 8.00. The first kappa shape index (κ1) is 9.38. The van der Waals surface area contributed by atoms with E-state index in [2.05, 4.69) is 11.8 Å². The van der Waals surface area contributed by atoms with E-state index in [1.165, 1.54) is 32.1 Å². The first-order valence-electron chi connectivity index (χ1n) is 5.18. The molecule has 0 radical (unpaired) electrons. The zero-order valence-corrected chi connectivity index (χ0v) is 8.81. The van der Waals surface area contributed by atoms with Crippen molar-refractivity contribution >= 4 is 18.2 Å². The third kappa shape index (κ3) is 2.01. The molecule has 1 spiro atoms. The van der Waals surface area contributed by atoms with E-state index in [1.54, 1.807) is 0 Å². The van der Waals surface area contributed by atoms with Gasteiger partial charge in [-0.2, -0.15) is 11.8 Å². The van der Waals surface area contributed by atoms with Crippen LogP contribution in [0.3, 0.4) is 0 Å². The summed E-state index contributed by atoms with van der Waals surface area (Å²) in [6, 6.07) is 0. The second-order valence-corrected chi connectivity index (χ2v) is 5.73. The predicted octanol–water partition coefficient (Wildman–Crippen LogP) is 1.89. The summed E-state index contributed by atoms with van der Waals surface area (Å²) in [6.45, 7) is 1.96. The van der Waals surface area contributed by atoms with Crippen molar-refractivity contribution in [1.82, 2.24) is 4.90 Å². The zero-order chi connectivity index (χ0) is 9.15. The lowest BCUT2D eigenvalue weighted by Gasteiger charge is -2.43. The van der Waals surface area contributed by atoms with Gasteiger partial charge >= 0.3 is 0 Å². The quantitative estimate of drug-likeness (QED) is 0.601. The third-order valence-corrected chi connectivity index (χ3v) is 4.73. The Balaban J connectivity index is 1.99. The molecule has 0 atom stereocenters. The lowest BCUT2D eigenvalue weighted by atomic mass is 9.88. The van der Waals surface area contributed by atoms with Gasteiger partial charge in [0.25, 0.3) is 0 Å². The van der Waals surface area contributed by atoms with Crippen LogP contribution in [0.4, 0.5) is 0 Å². The second kappa shape index (κ2) is 3.91. The molecule has 1 saturated heterocycles. The predicted molar refractivity (Wildman–Crippen MR) is 55.9 cm³/mol. The molecule has 1 amide bonds. The van der Waals surface area contributed by atoms with E-state index >= 15 is 0 Å². The lowest BCUT2D eigenvalue weighted by molar-refractivity contribution is -0.118. The number of rotatable bonds is 1. The highest BCUT2D eigenvalue weighted by Gasteiger charge is 2.36. The van der Waals surface area contributed by atoms with Crippen molar-refractivity contribution in [1.29, 1.82) is 0 Å². The molecule has 2 fully saturated rings. The van der Waals surface area contributed by atoms with Gasteiger partial charge in [0.15, 0.2) is 0 Å². The van der Waals surface area contributed by atoms with Gasteiger partial charge in [-0.1, -0.05) is 19.3 Å². The van der Waals surface area contributed by atoms with E-state index in [1.807, 2.05) is 4.90 Å². The molecule has 0 aromatic heterocycles. The lowest BCUT2D eigenvalue weighted by Crippen LogP contribution is -2.46.